The van der Waals surface area contributed by atoms with Crippen LogP contribution in [0.25, 0.3) is 0 Å². The summed E-state index contributed by atoms with van der Waals surface area (Å²) in [4.78, 5) is 11.7. The van der Waals surface area contributed by atoms with E-state index < -0.39 is 10.2 Å². The first kappa shape index (κ1) is 15.8. The Balaban J connectivity index is 1.85. The van der Waals surface area contributed by atoms with Crippen molar-refractivity contribution in [1.82, 2.24) is 5.32 Å². The molecule has 0 aliphatic heterocycles. The lowest BCUT2D eigenvalue weighted by atomic mass is 10.2. The molecule has 0 saturated heterocycles. The Morgan fingerprint density at radius 2 is 1.59 bits per heavy atom. The number of nitrogens with two attached hydrogens (primary N) is 1. The summed E-state index contributed by atoms with van der Waals surface area (Å²) in [6.45, 7) is 0.314. The highest BCUT2D eigenvalue weighted by molar-refractivity contribution is 7.90. The number of hydrogen-bond acceptors (Lipinski definition) is 3. The molecule has 0 fully saturated rings. The van der Waals surface area contributed by atoms with E-state index in [-0.39, 0.29) is 6.03 Å². The van der Waals surface area contributed by atoms with Crippen LogP contribution in [0, 0.1) is 0 Å². The maximum absolute atomic E-state index is 11.7. The minimum absolute atomic E-state index is 0.314. The van der Waals surface area contributed by atoms with Crippen molar-refractivity contribution in [2.75, 3.05) is 10.0 Å². The first-order valence-corrected chi connectivity index (χ1v) is 7.96. The fraction of sp³-hybridized carbons (Fsp3) is 0.0714. The van der Waals surface area contributed by atoms with E-state index in [1.54, 1.807) is 36.4 Å². The van der Waals surface area contributed by atoms with Crippen LogP contribution in [0.3, 0.4) is 0 Å². The van der Waals surface area contributed by atoms with E-state index in [0.29, 0.717) is 17.9 Å². The molecular formula is C14H16N4O3S. The molecule has 0 aliphatic carbocycles. The molecule has 116 valence electrons. The maximum atomic E-state index is 11.7. The van der Waals surface area contributed by atoms with E-state index in [1.807, 2.05) is 18.2 Å². The van der Waals surface area contributed by atoms with E-state index >= 15 is 0 Å². The number of anilines is 2. The molecule has 2 rings (SSSR count). The quantitative estimate of drug-likeness (QED) is 0.671. The third kappa shape index (κ3) is 5.43. The van der Waals surface area contributed by atoms with Crippen LogP contribution in [0.2, 0.25) is 0 Å². The van der Waals surface area contributed by atoms with E-state index in [0.717, 1.165) is 5.56 Å². The van der Waals surface area contributed by atoms with Gasteiger partial charge in [-0.15, -0.1) is 0 Å². The second-order valence-corrected chi connectivity index (χ2v) is 5.81. The van der Waals surface area contributed by atoms with Crippen molar-refractivity contribution in [2.45, 2.75) is 6.54 Å². The SMILES string of the molecule is NS(=O)(=O)Nc1ccc(CNC(=O)Nc2ccccc2)cc1. The molecule has 7 nitrogen and oxygen atoms in total. The fourth-order valence-electron chi connectivity index (χ4n) is 1.73. The molecule has 0 atom stereocenters. The number of carbonyl (C=O) groups excluding carboxylic acids is 1. The lowest BCUT2D eigenvalue weighted by Crippen LogP contribution is -2.28. The van der Waals surface area contributed by atoms with Gasteiger partial charge in [0.2, 0.25) is 0 Å². The summed E-state index contributed by atoms with van der Waals surface area (Å²) in [6, 6.07) is 15.3. The molecule has 0 radical (unpaired) electrons. The standard InChI is InChI=1S/C14H16N4O3S/c15-22(20,21)18-13-8-6-11(7-9-13)10-16-14(19)17-12-4-2-1-3-5-12/h1-9,18H,10H2,(H2,15,20,21)(H2,16,17,19). The number of benzene rings is 2. The van der Waals surface area contributed by atoms with Gasteiger partial charge in [0.05, 0.1) is 0 Å². The molecule has 0 aromatic heterocycles. The van der Waals surface area contributed by atoms with Crippen molar-refractivity contribution in [3.63, 3.8) is 0 Å². The third-order valence-electron chi connectivity index (χ3n) is 2.70. The molecule has 0 unspecified atom stereocenters. The van der Waals surface area contributed by atoms with Gasteiger partial charge >= 0.3 is 6.03 Å². The Morgan fingerprint density at radius 1 is 0.955 bits per heavy atom. The average molecular weight is 320 g/mol. The molecular weight excluding hydrogens is 304 g/mol. The van der Waals surface area contributed by atoms with Gasteiger partial charge in [0.15, 0.2) is 0 Å². The van der Waals surface area contributed by atoms with Crippen LogP contribution in [0.1, 0.15) is 5.56 Å². The minimum Gasteiger partial charge on any atom is -0.334 e. The van der Waals surface area contributed by atoms with Gasteiger partial charge in [0.1, 0.15) is 0 Å². The van der Waals surface area contributed by atoms with Gasteiger partial charge in [-0.2, -0.15) is 8.42 Å². The lowest BCUT2D eigenvalue weighted by Gasteiger charge is -2.08. The molecule has 8 heteroatoms. The Hall–Kier alpha value is -2.58. The first-order chi connectivity index (χ1) is 10.4. The van der Waals surface area contributed by atoms with Crippen LogP contribution in [0.15, 0.2) is 54.6 Å². The number of nitrogens with one attached hydrogen (secondary N) is 3. The Bertz CT molecular complexity index is 730. The van der Waals surface area contributed by atoms with Crippen LogP contribution < -0.4 is 20.5 Å². The van der Waals surface area contributed by atoms with Crippen molar-refractivity contribution in [1.29, 1.82) is 0 Å². The van der Waals surface area contributed by atoms with Crippen molar-refractivity contribution in [2.24, 2.45) is 5.14 Å². The lowest BCUT2D eigenvalue weighted by molar-refractivity contribution is 0.251. The highest BCUT2D eigenvalue weighted by Gasteiger charge is 2.03. The van der Waals surface area contributed by atoms with Crippen LogP contribution in [-0.2, 0) is 16.8 Å². The van der Waals surface area contributed by atoms with E-state index in [2.05, 4.69) is 15.4 Å². The van der Waals surface area contributed by atoms with Gasteiger partial charge in [0, 0.05) is 17.9 Å². The summed E-state index contributed by atoms with van der Waals surface area (Å²) in [7, 11) is -3.78. The Morgan fingerprint density at radius 3 is 2.18 bits per heavy atom. The van der Waals surface area contributed by atoms with Crippen molar-refractivity contribution < 1.29 is 13.2 Å². The summed E-state index contributed by atoms with van der Waals surface area (Å²) in [5.41, 5.74) is 1.89. The molecule has 2 aromatic carbocycles. The van der Waals surface area contributed by atoms with Gasteiger partial charge in [-0.05, 0) is 29.8 Å². The predicted molar refractivity (Wildman–Crippen MR) is 85.5 cm³/mol. The zero-order valence-corrected chi connectivity index (χ0v) is 12.4. The smallest absolute Gasteiger partial charge is 0.319 e. The Kier molecular flexibility index (Phi) is 4.97. The van der Waals surface area contributed by atoms with Crippen LogP contribution in [-0.4, -0.2) is 14.4 Å². The summed E-state index contributed by atoms with van der Waals surface area (Å²) in [5, 5.41) is 10.3. The molecule has 0 aliphatic rings. The van der Waals surface area contributed by atoms with E-state index in [4.69, 9.17) is 5.14 Å². The molecule has 22 heavy (non-hydrogen) atoms. The first-order valence-electron chi connectivity index (χ1n) is 6.42. The van der Waals surface area contributed by atoms with Gasteiger partial charge in [-0.25, -0.2) is 9.93 Å². The molecule has 2 aromatic rings. The van der Waals surface area contributed by atoms with Crippen LogP contribution >= 0.6 is 0 Å². The topological polar surface area (TPSA) is 113 Å². The number of para-hydroxylation sites is 1. The molecule has 5 N–H and O–H groups in total. The summed E-state index contributed by atoms with van der Waals surface area (Å²) >= 11 is 0. The predicted octanol–water partition coefficient (Wildman–Crippen LogP) is 1.62. The van der Waals surface area contributed by atoms with Gasteiger partial charge in [-0.1, -0.05) is 30.3 Å². The van der Waals surface area contributed by atoms with Crippen molar-refractivity contribution in [3.05, 3.63) is 60.2 Å². The summed E-state index contributed by atoms with van der Waals surface area (Å²) in [5.74, 6) is 0. The molecule has 0 heterocycles. The zero-order chi connectivity index (χ0) is 16.0. The highest BCUT2D eigenvalue weighted by Crippen LogP contribution is 2.10. The van der Waals surface area contributed by atoms with Crippen molar-refractivity contribution in [3.8, 4) is 0 Å². The third-order valence-corrected chi connectivity index (χ3v) is 3.22. The zero-order valence-electron chi connectivity index (χ0n) is 11.6. The largest absolute Gasteiger partial charge is 0.334 e. The molecule has 2 amide bonds. The second-order valence-electron chi connectivity index (χ2n) is 4.52. The second kappa shape index (κ2) is 6.92. The molecule has 0 saturated carbocycles. The Labute approximate surface area is 128 Å². The van der Waals surface area contributed by atoms with Crippen LogP contribution in [0.4, 0.5) is 16.2 Å². The molecule has 0 spiro atoms. The number of hydrogen-bond donors (Lipinski definition) is 4. The average Bonchev–Trinajstić information content (AvgIpc) is 2.46. The number of rotatable bonds is 5. The number of urea groups is 1. The maximum Gasteiger partial charge on any atom is 0.319 e. The normalized spacial score (nSPS) is 10.8. The summed E-state index contributed by atoms with van der Waals surface area (Å²) < 4.78 is 23.9. The summed E-state index contributed by atoms with van der Waals surface area (Å²) in [6.07, 6.45) is 0. The number of amides is 2. The molecule has 0 bridgehead atoms. The van der Waals surface area contributed by atoms with Crippen molar-refractivity contribution >= 4 is 27.6 Å². The highest BCUT2D eigenvalue weighted by atomic mass is 32.2. The van der Waals surface area contributed by atoms with E-state index in [9.17, 15) is 13.2 Å². The van der Waals surface area contributed by atoms with Crippen LogP contribution in [0.5, 0.6) is 0 Å². The fourth-order valence-corrected chi connectivity index (χ4v) is 2.20. The minimum atomic E-state index is -3.78. The van der Waals surface area contributed by atoms with Gasteiger partial charge in [0.25, 0.3) is 10.2 Å². The van der Waals surface area contributed by atoms with Gasteiger partial charge in [-0.3, -0.25) is 4.72 Å². The number of carbonyl (C=O) groups is 1. The van der Waals surface area contributed by atoms with E-state index in [1.165, 1.54) is 0 Å². The monoisotopic (exact) mass is 320 g/mol. The van der Waals surface area contributed by atoms with Gasteiger partial charge < -0.3 is 10.6 Å².